The van der Waals surface area contributed by atoms with Gasteiger partial charge in [0.1, 0.15) is 12.1 Å². The fourth-order valence-corrected chi connectivity index (χ4v) is 2.79. The highest BCUT2D eigenvalue weighted by Crippen LogP contribution is 2.25. The van der Waals surface area contributed by atoms with Crippen LogP contribution in [-0.2, 0) is 6.54 Å². The molecule has 0 aliphatic rings. The first-order valence-electron chi connectivity index (χ1n) is 6.59. The van der Waals surface area contributed by atoms with Crippen molar-refractivity contribution in [1.29, 1.82) is 0 Å². The van der Waals surface area contributed by atoms with Crippen molar-refractivity contribution in [3.63, 3.8) is 0 Å². The minimum absolute atomic E-state index is 0.710. The second kappa shape index (κ2) is 5.69. The van der Waals surface area contributed by atoms with Gasteiger partial charge < -0.3 is 10.6 Å². The fraction of sp³-hybridized carbons (Fsp3) is 0.125. The Hall–Kier alpha value is -2.14. The maximum atomic E-state index is 5.81. The molecule has 0 unspecified atom stereocenters. The minimum atomic E-state index is 0.710. The van der Waals surface area contributed by atoms with Crippen molar-refractivity contribution in [3.8, 4) is 0 Å². The van der Waals surface area contributed by atoms with E-state index in [-0.39, 0.29) is 0 Å². The summed E-state index contributed by atoms with van der Waals surface area (Å²) in [5.41, 5.74) is 8.60. The van der Waals surface area contributed by atoms with Gasteiger partial charge in [0.05, 0.1) is 5.52 Å². The van der Waals surface area contributed by atoms with Crippen molar-refractivity contribution < 1.29 is 0 Å². The molecular weight excluding hydrogens is 328 g/mol. The Morgan fingerprint density at radius 1 is 1.14 bits per heavy atom. The highest BCUT2D eigenvalue weighted by molar-refractivity contribution is 9.10. The Labute approximate surface area is 131 Å². The summed E-state index contributed by atoms with van der Waals surface area (Å²) in [5, 5.41) is 1.00. The van der Waals surface area contributed by atoms with Gasteiger partial charge in [-0.3, -0.25) is 0 Å². The van der Waals surface area contributed by atoms with Crippen molar-refractivity contribution >= 4 is 38.3 Å². The van der Waals surface area contributed by atoms with E-state index in [1.807, 2.05) is 37.4 Å². The monoisotopic (exact) mass is 342 g/mol. The van der Waals surface area contributed by atoms with Gasteiger partial charge in [-0.15, -0.1) is 0 Å². The molecule has 0 bridgehead atoms. The Morgan fingerprint density at radius 3 is 2.81 bits per heavy atom. The van der Waals surface area contributed by atoms with E-state index in [1.54, 1.807) is 6.33 Å². The topological polar surface area (TPSA) is 55.0 Å². The van der Waals surface area contributed by atoms with Crippen LogP contribution in [0.2, 0.25) is 0 Å². The molecule has 0 aliphatic heterocycles. The van der Waals surface area contributed by atoms with Crippen LogP contribution in [0.1, 0.15) is 5.56 Å². The predicted octanol–water partition coefficient (Wildman–Crippen LogP) is 3.61. The maximum absolute atomic E-state index is 5.81. The molecule has 4 nitrogen and oxygen atoms in total. The summed E-state index contributed by atoms with van der Waals surface area (Å²) in [7, 11) is 2.03. The normalized spacial score (nSPS) is 10.8. The number of rotatable bonds is 3. The molecule has 5 heteroatoms. The summed E-state index contributed by atoms with van der Waals surface area (Å²) in [6.07, 6.45) is 1.58. The summed E-state index contributed by atoms with van der Waals surface area (Å²) in [4.78, 5) is 10.8. The van der Waals surface area contributed by atoms with Gasteiger partial charge >= 0.3 is 0 Å². The summed E-state index contributed by atoms with van der Waals surface area (Å²) >= 11 is 3.50. The van der Waals surface area contributed by atoms with Gasteiger partial charge in [-0.25, -0.2) is 9.97 Å². The third-order valence-electron chi connectivity index (χ3n) is 3.31. The average molecular weight is 343 g/mol. The molecule has 2 aromatic carbocycles. The zero-order valence-corrected chi connectivity index (χ0v) is 13.2. The quantitative estimate of drug-likeness (QED) is 0.738. The molecule has 3 aromatic rings. The first-order valence-corrected chi connectivity index (χ1v) is 7.38. The minimum Gasteiger partial charge on any atom is -0.399 e. The number of benzene rings is 2. The van der Waals surface area contributed by atoms with E-state index in [0.717, 1.165) is 27.7 Å². The number of halogens is 1. The van der Waals surface area contributed by atoms with Gasteiger partial charge in [0.25, 0.3) is 0 Å². The first kappa shape index (κ1) is 13.8. The van der Waals surface area contributed by atoms with E-state index in [9.17, 15) is 0 Å². The number of aromatic nitrogens is 2. The van der Waals surface area contributed by atoms with E-state index in [0.29, 0.717) is 5.69 Å². The number of nitrogen functional groups attached to an aromatic ring is 1. The number of hydrogen-bond acceptors (Lipinski definition) is 4. The summed E-state index contributed by atoms with van der Waals surface area (Å²) in [6, 6.07) is 14.0. The maximum Gasteiger partial charge on any atom is 0.139 e. The lowest BCUT2D eigenvalue weighted by Gasteiger charge is -2.20. The Kier molecular flexibility index (Phi) is 3.75. The zero-order valence-electron chi connectivity index (χ0n) is 11.6. The van der Waals surface area contributed by atoms with Crippen LogP contribution in [-0.4, -0.2) is 17.0 Å². The zero-order chi connectivity index (χ0) is 14.8. The van der Waals surface area contributed by atoms with Crippen LogP contribution in [0.4, 0.5) is 11.5 Å². The Morgan fingerprint density at radius 2 is 2.00 bits per heavy atom. The van der Waals surface area contributed by atoms with Gasteiger partial charge in [0.15, 0.2) is 0 Å². The molecule has 1 aromatic heterocycles. The SMILES string of the molecule is CN(Cc1cccc(Br)c1)c1ncnc2cc(N)ccc12. The molecule has 0 saturated carbocycles. The van der Waals surface area contributed by atoms with Crippen LogP contribution in [0.25, 0.3) is 10.9 Å². The summed E-state index contributed by atoms with van der Waals surface area (Å²) in [5.74, 6) is 0.903. The third kappa shape index (κ3) is 2.97. The third-order valence-corrected chi connectivity index (χ3v) is 3.80. The molecule has 106 valence electrons. The molecule has 0 radical (unpaired) electrons. The molecule has 0 saturated heterocycles. The number of nitrogens with zero attached hydrogens (tertiary/aromatic N) is 3. The molecule has 3 rings (SSSR count). The van der Waals surface area contributed by atoms with Crippen molar-refractivity contribution in [2.45, 2.75) is 6.54 Å². The lowest BCUT2D eigenvalue weighted by molar-refractivity contribution is 0.899. The molecule has 21 heavy (non-hydrogen) atoms. The Balaban J connectivity index is 1.96. The molecule has 0 fully saturated rings. The van der Waals surface area contributed by atoms with Crippen LogP contribution in [0, 0.1) is 0 Å². The fourth-order valence-electron chi connectivity index (χ4n) is 2.35. The van der Waals surface area contributed by atoms with E-state index < -0.39 is 0 Å². The van der Waals surface area contributed by atoms with Crippen molar-refractivity contribution in [1.82, 2.24) is 9.97 Å². The van der Waals surface area contributed by atoms with Crippen LogP contribution in [0.5, 0.6) is 0 Å². The standard InChI is InChI=1S/C16H15BrN4/c1-21(9-11-3-2-4-12(17)7-11)16-14-6-5-13(18)8-15(14)19-10-20-16/h2-8,10H,9,18H2,1H3. The van der Waals surface area contributed by atoms with E-state index in [4.69, 9.17) is 5.73 Å². The molecule has 0 amide bonds. The van der Waals surface area contributed by atoms with Crippen molar-refractivity contribution in [2.24, 2.45) is 0 Å². The lowest BCUT2D eigenvalue weighted by atomic mass is 10.2. The predicted molar refractivity (Wildman–Crippen MR) is 90.2 cm³/mol. The first-order chi connectivity index (χ1) is 10.1. The smallest absolute Gasteiger partial charge is 0.139 e. The van der Waals surface area contributed by atoms with Gasteiger partial charge in [-0.2, -0.15) is 0 Å². The largest absolute Gasteiger partial charge is 0.399 e. The van der Waals surface area contributed by atoms with Crippen LogP contribution in [0.3, 0.4) is 0 Å². The molecule has 2 N–H and O–H groups in total. The number of hydrogen-bond donors (Lipinski definition) is 1. The van der Waals surface area contributed by atoms with Crippen LogP contribution >= 0.6 is 15.9 Å². The van der Waals surface area contributed by atoms with Crippen LogP contribution in [0.15, 0.2) is 53.3 Å². The number of fused-ring (bicyclic) bond motifs is 1. The van der Waals surface area contributed by atoms with Crippen molar-refractivity contribution in [2.75, 3.05) is 17.7 Å². The van der Waals surface area contributed by atoms with Gasteiger partial charge in [0, 0.05) is 29.1 Å². The molecule has 1 heterocycles. The van der Waals surface area contributed by atoms with Crippen molar-refractivity contribution in [3.05, 3.63) is 58.8 Å². The molecule has 0 spiro atoms. The van der Waals surface area contributed by atoms with Gasteiger partial charge in [0.2, 0.25) is 0 Å². The second-order valence-electron chi connectivity index (χ2n) is 4.96. The van der Waals surface area contributed by atoms with E-state index in [1.165, 1.54) is 5.56 Å². The number of nitrogens with two attached hydrogens (primary N) is 1. The Bertz CT molecular complexity index is 788. The van der Waals surface area contributed by atoms with Gasteiger partial charge in [-0.1, -0.05) is 28.1 Å². The number of anilines is 2. The second-order valence-corrected chi connectivity index (χ2v) is 5.88. The highest BCUT2D eigenvalue weighted by Gasteiger charge is 2.09. The lowest BCUT2D eigenvalue weighted by Crippen LogP contribution is -2.18. The summed E-state index contributed by atoms with van der Waals surface area (Å²) < 4.78 is 1.08. The average Bonchev–Trinajstić information content (AvgIpc) is 2.46. The van der Waals surface area contributed by atoms with E-state index >= 15 is 0 Å². The van der Waals surface area contributed by atoms with E-state index in [2.05, 4.69) is 42.9 Å². The highest BCUT2D eigenvalue weighted by atomic mass is 79.9. The molecule has 0 aliphatic carbocycles. The molecule has 0 atom stereocenters. The molecular formula is C16H15BrN4. The van der Waals surface area contributed by atoms with Gasteiger partial charge in [-0.05, 0) is 35.9 Å². The van der Waals surface area contributed by atoms with Crippen LogP contribution < -0.4 is 10.6 Å². The summed E-state index contributed by atoms with van der Waals surface area (Å²) in [6.45, 7) is 0.774.